The number of anilines is 2. The van der Waals surface area contributed by atoms with Gasteiger partial charge in [0.25, 0.3) is 10.0 Å². The maximum absolute atomic E-state index is 13.1. The molecule has 0 aromatic heterocycles. The summed E-state index contributed by atoms with van der Waals surface area (Å²) in [5, 5.41) is 4.82. The van der Waals surface area contributed by atoms with Crippen molar-refractivity contribution in [1.82, 2.24) is 0 Å². The molecule has 1 heterocycles. The van der Waals surface area contributed by atoms with Gasteiger partial charge in [-0.05, 0) is 42.6 Å². The van der Waals surface area contributed by atoms with E-state index in [1.807, 2.05) is 12.1 Å². The van der Waals surface area contributed by atoms with Gasteiger partial charge in [-0.2, -0.15) is 0 Å². The number of hydrogen-bond acceptors (Lipinski definition) is 3. The second-order valence-corrected chi connectivity index (χ2v) is 8.85. The van der Waals surface area contributed by atoms with E-state index in [0.717, 1.165) is 9.69 Å². The highest BCUT2D eigenvalue weighted by Gasteiger charge is 2.40. The fraction of sp³-hybridized carbons (Fsp3) is 0.105. The van der Waals surface area contributed by atoms with E-state index >= 15 is 0 Å². The second-order valence-electron chi connectivity index (χ2n) is 6.22. The summed E-state index contributed by atoms with van der Waals surface area (Å²) in [7, 11) is -3.84. The molecule has 0 saturated heterocycles. The highest BCUT2D eigenvalue weighted by atomic mass is 35.5. The number of carbonyl (C=O) groups excluding carboxylic acids is 1. The molecule has 8 heteroatoms. The molecule has 0 spiro atoms. The molecule has 3 aromatic rings. The molecule has 4 rings (SSSR count). The van der Waals surface area contributed by atoms with Crippen molar-refractivity contribution in [3.63, 3.8) is 0 Å². The van der Waals surface area contributed by atoms with Crippen LogP contribution < -0.4 is 9.62 Å². The van der Waals surface area contributed by atoms with Crippen molar-refractivity contribution in [3.8, 4) is 0 Å². The van der Waals surface area contributed by atoms with Gasteiger partial charge in [-0.25, -0.2) is 8.42 Å². The number of nitrogens with zero attached hydrogens (tertiary/aromatic N) is 1. The third kappa shape index (κ3) is 2.84. The van der Waals surface area contributed by atoms with Crippen molar-refractivity contribution < 1.29 is 13.2 Å². The van der Waals surface area contributed by atoms with Gasteiger partial charge in [-0.15, -0.1) is 0 Å². The van der Waals surface area contributed by atoms with Gasteiger partial charge < -0.3 is 5.32 Å². The van der Waals surface area contributed by atoms with E-state index in [0.29, 0.717) is 26.8 Å². The van der Waals surface area contributed by atoms with Crippen LogP contribution in [0.3, 0.4) is 0 Å². The molecule has 0 unspecified atom stereocenters. The summed E-state index contributed by atoms with van der Waals surface area (Å²) >= 11 is 12.0. The molecule has 0 bridgehead atoms. The van der Waals surface area contributed by atoms with E-state index < -0.39 is 22.0 Å². The summed E-state index contributed by atoms with van der Waals surface area (Å²) in [6, 6.07) is 14.1. The molecule has 1 N–H and O–H groups in total. The lowest BCUT2D eigenvalue weighted by Gasteiger charge is -2.25. The fourth-order valence-corrected chi connectivity index (χ4v) is 5.48. The molecule has 0 radical (unpaired) electrons. The van der Waals surface area contributed by atoms with Crippen molar-refractivity contribution in [2.75, 3.05) is 9.62 Å². The van der Waals surface area contributed by atoms with Gasteiger partial charge in [0.15, 0.2) is 0 Å². The summed E-state index contributed by atoms with van der Waals surface area (Å²) < 4.78 is 27.3. The van der Waals surface area contributed by atoms with Gasteiger partial charge in [0.05, 0.1) is 21.3 Å². The van der Waals surface area contributed by atoms with E-state index in [-0.39, 0.29) is 4.90 Å². The van der Waals surface area contributed by atoms with Crippen LogP contribution in [0.4, 0.5) is 11.4 Å². The van der Waals surface area contributed by atoms with Crippen LogP contribution in [-0.4, -0.2) is 20.4 Å². The number of halogens is 2. The SMILES string of the molecule is C[C@H](C(=O)Nc1cc(Cl)ccc1Cl)N1c2cccc3cccc(c23)S1(=O)=O. The van der Waals surface area contributed by atoms with Gasteiger partial charge in [-0.3, -0.25) is 9.10 Å². The molecule has 0 saturated carbocycles. The zero-order valence-corrected chi connectivity index (χ0v) is 16.4. The maximum atomic E-state index is 13.1. The Morgan fingerprint density at radius 3 is 2.52 bits per heavy atom. The molecule has 0 aliphatic carbocycles. The first kappa shape index (κ1) is 18.1. The van der Waals surface area contributed by atoms with E-state index in [2.05, 4.69) is 5.32 Å². The smallest absolute Gasteiger partial charge is 0.265 e. The first-order chi connectivity index (χ1) is 12.8. The Bertz CT molecular complexity index is 1190. The second kappa shape index (κ2) is 6.41. The molecule has 1 atom stereocenters. The molecule has 0 fully saturated rings. The minimum Gasteiger partial charge on any atom is -0.323 e. The minimum atomic E-state index is -3.84. The van der Waals surface area contributed by atoms with Crippen molar-refractivity contribution in [2.24, 2.45) is 0 Å². The van der Waals surface area contributed by atoms with Crippen molar-refractivity contribution in [2.45, 2.75) is 17.9 Å². The standard InChI is InChI=1S/C19H14Cl2N2O3S/c1-11(19(24)22-15-10-13(20)8-9-14(15)21)23-16-6-2-4-12-5-3-7-17(18(12)16)27(23,25)26/h2-11H,1H3,(H,22,24)/t11-/m1/s1. The summed E-state index contributed by atoms with van der Waals surface area (Å²) in [6.45, 7) is 1.54. The van der Waals surface area contributed by atoms with E-state index in [1.54, 1.807) is 36.4 Å². The van der Waals surface area contributed by atoms with Crippen LogP contribution >= 0.6 is 23.2 Å². The Morgan fingerprint density at radius 1 is 1.07 bits per heavy atom. The Kier molecular flexibility index (Phi) is 4.29. The third-order valence-electron chi connectivity index (χ3n) is 4.54. The molecular weight excluding hydrogens is 407 g/mol. The Labute approximate surface area is 166 Å². The van der Waals surface area contributed by atoms with Gasteiger partial charge in [0.2, 0.25) is 5.91 Å². The number of rotatable bonds is 3. The summed E-state index contributed by atoms with van der Waals surface area (Å²) in [5.41, 5.74) is 0.816. The largest absolute Gasteiger partial charge is 0.323 e. The zero-order valence-electron chi connectivity index (χ0n) is 14.1. The highest BCUT2D eigenvalue weighted by Crippen LogP contribution is 2.43. The highest BCUT2D eigenvalue weighted by molar-refractivity contribution is 7.93. The lowest BCUT2D eigenvalue weighted by atomic mass is 10.1. The number of nitrogens with one attached hydrogen (secondary N) is 1. The van der Waals surface area contributed by atoms with Gasteiger partial charge in [0, 0.05) is 10.4 Å². The quantitative estimate of drug-likeness (QED) is 0.668. The Hall–Kier alpha value is -2.28. The van der Waals surface area contributed by atoms with Crippen LogP contribution in [-0.2, 0) is 14.8 Å². The number of benzene rings is 3. The van der Waals surface area contributed by atoms with E-state index in [9.17, 15) is 13.2 Å². The number of carbonyl (C=O) groups is 1. The predicted octanol–water partition coefficient (Wildman–Crippen LogP) is 4.68. The number of hydrogen-bond donors (Lipinski definition) is 1. The average Bonchev–Trinajstić information content (AvgIpc) is 2.86. The summed E-state index contributed by atoms with van der Waals surface area (Å²) in [5.74, 6) is -0.507. The van der Waals surface area contributed by atoms with Crippen molar-refractivity contribution in [3.05, 3.63) is 64.6 Å². The van der Waals surface area contributed by atoms with Gasteiger partial charge in [-0.1, -0.05) is 47.5 Å². The first-order valence-corrected chi connectivity index (χ1v) is 10.3. The topological polar surface area (TPSA) is 66.5 Å². The molecule has 27 heavy (non-hydrogen) atoms. The Balaban J connectivity index is 1.74. The average molecular weight is 421 g/mol. The third-order valence-corrected chi connectivity index (χ3v) is 7.03. The zero-order chi connectivity index (χ0) is 19.3. The molecule has 3 aromatic carbocycles. The molecular formula is C19H14Cl2N2O3S. The van der Waals surface area contributed by atoms with E-state index in [4.69, 9.17) is 23.2 Å². The minimum absolute atomic E-state index is 0.205. The van der Waals surface area contributed by atoms with Crippen LogP contribution in [0.5, 0.6) is 0 Å². The summed E-state index contributed by atoms with van der Waals surface area (Å²) in [6.07, 6.45) is 0. The summed E-state index contributed by atoms with van der Waals surface area (Å²) in [4.78, 5) is 13.0. The van der Waals surface area contributed by atoms with Gasteiger partial charge >= 0.3 is 0 Å². The molecule has 1 aliphatic rings. The number of amides is 1. The van der Waals surface area contributed by atoms with Crippen molar-refractivity contribution >= 4 is 61.3 Å². The first-order valence-electron chi connectivity index (χ1n) is 8.13. The molecule has 138 valence electrons. The lowest BCUT2D eigenvalue weighted by molar-refractivity contribution is -0.116. The van der Waals surface area contributed by atoms with Crippen LogP contribution in [0.15, 0.2) is 59.5 Å². The molecule has 1 amide bonds. The molecule has 5 nitrogen and oxygen atoms in total. The monoisotopic (exact) mass is 420 g/mol. The predicted molar refractivity (Wildman–Crippen MR) is 108 cm³/mol. The Morgan fingerprint density at radius 2 is 1.78 bits per heavy atom. The lowest BCUT2D eigenvalue weighted by Crippen LogP contribution is -2.44. The van der Waals surface area contributed by atoms with Crippen LogP contribution in [0, 0.1) is 0 Å². The van der Waals surface area contributed by atoms with Crippen LogP contribution in [0.1, 0.15) is 6.92 Å². The van der Waals surface area contributed by atoms with Gasteiger partial charge in [0.1, 0.15) is 6.04 Å². The van der Waals surface area contributed by atoms with Crippen LogP contribution in [0.25, 0.3) is 10.8 Å². The fourth-order valence-electron chi connectivity index (χ4n) is 3.28. The van der Waals surface area contributed by atoms with Crippen LogP contribution in [0.2, 0.25) is 10.0 Å². The van der Waals surface area contributed by atoms with Crippen molar-refractivity contribution in [1.29, 1.82) is 0 Å². The van der Waals surface area contributed by atoms with E-state index in [1.165, 1.54) is 13.0 Å². The molecule has 1 aliphatic heterocycles. The normalized spacial score (nSPS) is 15.7. The number of sulfonamides is 1. The maximum Gasteiger partial charge on any atom is 0.265 e.